The van der Waals surface area contributed by atoms with Crippen LogP contribution in [0.1, 0.15) is 6.92 Å². The van der Waals surface area contributed by atoms with E-state index in [1.54, 1.807) is 24.3 Å². The number of para-hydroxylation sites is 2. The third-order valence-electron chi connectivity index (χ3n) is 2.75. The Labute approximate surface area is 143 Å². The Morgan fingerprint density at radius 3 is 1.50 bits per heavy atom. The number of hydrogen-bond acceptors (Lipinski definition) is 4. The number of rotatable bonds is 2. The average Bonchev–Trinajstić information content (AvgIpc) is 2.60. The zero-order chi connectivity index (χ0) is 17.6. The van der Waals surface area contributed by atoms with Crippen molar-refractivity contribution in [3.05, 3.63) is 84.9 Å². The molecule has 0 atom stereocenters. The van der Waals surface area contributed by atoms with Gasteiger partial charge in [-0.1, -0.05) is 36.4 Å². The SMILES string of the molecule is CCOc1ccc(N)cc1.Nc1ccccc1.Oc1ccccc1. The maximum absolute atomic E-state index is 8.63. The largest absolute Gasteiger partial charge is 0.508 e. The fraction of sp³-hybridized carbons (Fsp3) is 0.100. The van der Waals surface area contributed by atoms with Crippen LogP contribution in [0.3, 0.4) is 0 Å². The van der Waals surface area contributed by atoms with Crippen molar-refractivity contribution in [1.82, 2.24) is 0 Å². The van der Waals surface area contributed by atoms with Gasteiger partial charge in [0.15, 0.2) is 0 Å². The van der Waals surface area contributed by atoms with E-state index >= 15 is 0 Å². The summed E-state index contributed by atoms with van der Waals surface area (Å²) < 4.78 is 5.21. The number of nitrogen functional groups attached to an aromatic ring is 2. The van der Waals surface area contributed by atoms with Gasteiger partial charge in [-0.25, -0.2) is 0 Å². The van der Waals surface area contributed by atoms with Crippen LogP contribution in [-0.2, 0) is 0 Å². The quantitative estimate of drug-likeness (QED) is 0.613. The van der Waals surface area contributed by atoms with E-state index in [1.165, 1.54) is 0 Å². The molecule has 3 aromatic rings. The van der Waals surface area contributed by atoms with Gasteiger partial charge in [-0.15, -0.1) is 0 Å². The molecular formula is C20H24N2O2. The number of phenolic OH excluding ortho intramolecular Hbond substituents is 1. The monoisotopic (exact) mass is 324 g/mol. The first-order chi connectivity index (χ1) is 11.6. The highest BCUT2D eigenvalue weighted by atomic mass is 16.5. The predicted molar refractivity (Wildman–Crippen MR) is 101 cm³/mol. The molecule has 0 spiro atoms. The Kier molecular flexibility index (Phi) is 9.01. The van der Waals surface area contributed by atoms with Crippen molar-refractivity contribution in [3.63, 3.8) is 0 Å². The van der Waals surface area contributed by atoms with Crippen LogP contribution in [-0.4, -0.2) is 11.7 Å². The number of hydrogen-bond donors (Lipinski definition) is 3. The molecule has 0 aromatic heterocycles. The molecule has 5 N–H and O–H groups in total. The minimum atomic E-state index is 0.322. The molecule has 0 saturated heterocycles. The Balaban J connectivity index is 0.000000185. The highest BCUT2D eigenvalue weighted by Gasteiger charge is 1.88. The van der Waals surface area contributed by atoms with Gasteiger partial charge in [-0.05, 0) is 55.5 Å². The summed E-state index contributed by atoms with van der Waals surface area (Å²) in [6, 6.07) is 25.6. The second kappa shape index (κ2) is 11.4. The van der Waals surface area contributed by atoms with Crippen LogP contribution in [0, 0.1) is 0 Å². The topological polar surface area (TPSA) is 81.5 Å². The van der Waals surface area contributed by atoms with Crippen LogP contribution >= 0.6 is 0 Å². The summed E-state index contributed by atoms with van der Waals surface area (Å²) in [4.78, 5) is 0. The van der Waals surface area contributed by atoms with Crippen molar-refractivity contribution >= 4 is 11.4 Å². The lowest BCUT2D eigenvalue weighted by Gasteiger charge is -2.01. The van der Waals surface area contributed by atoms with Crippen LogP contribution in [0.5, 0.6) is 11.5 Å². The fourth-order valence-corrected chi connectivity index (χ4v) is 1.61. The number of nitrogens with two attached hydrogens (primary N) is 2. The first-order valence-corrected chi connectivity index (χ1v) is 7.64. The van der Waals surface area contributed by atoms with E-state index in [-0.39, 0.29) is 0 Å². The molecular weight excluding hydrogens is 300 g/mol. The zero-order valence-electron chi connectivity index (χ0n) is 13.8. The normalized spacial score (nSPS) is 8.88. The lowest BCUT2D eigenvalue weighted by atomic mass is 10.3. The molecule has 0 unspecified atom stereocenters. The molecule has 0 saturated carbocycles. The second-order valence-corrected chi connectivity index (χ2v) is 4.75. The summed E-state index contributed by atoms with van der Waals surface area (Å²) in [7, 11) is 0. The Morgan fingerprint density at radius 2 is 1.17 bits per heavy atom. The smallest absolute Gasteiger partial charge is 0.119 e. The zero-order valence-corrected chi connectivity index (χ0v) is 13.8. The van der Waals surface area contributed by atoms with Gasteiger partial charge in [0, 0.05) is 11.4 Å². The molecule has 3 aromatic carbocycles. The van der Waals surface area contributed by atoms with Crippen LogP contribution in [0.4, 0.5) is 11.4 Å². The summed E-state index contributed by atoms with van der Waals surface area (Å²) in [5.41, 5.74) is 12.4. The maximum atomic E-state index is 8.63. The van der Waals surface area contributed by atoms with Crippen molar-refractivity contribution < 1.29 is 9.84 Å². The highest BCUT2D eigenvalue weighted by molar-refractivity contribution is 5.41. The lowest BCUT2D eigenvalue weighted by Crippen LogP contribution is -1.91. The molecule has 0 aliphatic carbocycles. The van der Waals surface area contributed by atoms with E-state index in [2.05, 4.69) is 0 Å². The number of phenols is 1. The molecule has 0 bridgehead atoms. The van der Waals surface area contributed by atoms with Crippen molar-refractivity contribution in [2.45, 2.75) is 6.92 Å². The van der Waals surface area contributed by atoms with E-state index in [0.29, 0.717) is 12.4 Å². The summed E-state index contributed by atoms with van der Waals surface area (Å²) in [6.45, 7) is 2.65. The van der Waals surface area contributed by atoms with Crippen molar-refractivity contribution in [1.29, 1.82) is 0 Å². The first-order valence-electron chi connectivity index (χ1n) is 7.64. The van der Waals surface area contributed by atoms with Crippen LogP contribution in [0.25, 0.3) is 0 Å². The highest BCUT2D eigenvalue weighted by Crippen LogP contribution is 2.12. The molecule has 0 amide bonds. The summed E-state index contributed by atoms with van der Waals surface area (Å²) in [6.07, 6.45) is 0. The van der Waals surface area contributed by atoms with E-state index in [0.717, 1.165) is 17.1 Å². The van der Waals surface area contributed by atoms with Gasteiger partial charge in [0.05, 0.1) is 6.61 Å². The van der Waals surface area contributed by atoms with Crippen molar-refractivity contribution in [2.75, 3.05) is 18.1 Å². The third-order valence-corrected chi connectivity index (χ3v) is 2.75. The standard InChI is InChI=1S/C8H11NO.C6H7N.C6H6O/c1-2-10-8-5-3-7(9)4-6-8;2*7-6-4-2-1-3-5-6/h3-6H,2,9H2,1H3;1-5H,7H2;1-5,7H. The summed E-state index contributed by atoms with van der Waals surface area (Å²) >= 11 is 0. The number of anilines is 2. The Bertz CT molecular complexity index is 619. The van der Waals surface area contributed by atoms with E-state index in [1.807, 2.05) is 67.6 Å². The van der Waals surface area contributed by atoms with E-state index in [9.17, 15) is 0 Å². The van der Waals surface area contributed by atoms with Crippen LogP contribution < -0.4 is 16.2 Å². The van der Waals surface area contributed by atoms with Gasteiger partial charge >= 0.3 is 0 Å². The molecule has 0 fully saturated rings. The van der Waals surface area contributed by atoms with Crippen molar-refractivity contribution in [2.24, 2.45) is 0 Å². The average molecular weight is 324 g/mol. The third kappa shape index (κ3) is 9.00. The minimum absolute atomic E-state index is 0.322. The Hall–Kier alpha value is -3.14. The molecule has 4 heteroatoms. The number of aromatic hydroxyl groups is 1. The van der Waals surface area contributed by atoms with Gasteiger partial charge in [-0.2, -0.15) is 0 Å². The second-order valence-electron chi connectivity index (χ2n) is 4.75. The molecule has 0 aliphatic heterocycles. The number of benzene rings is 3. The van der Waals surface area contributed by atoms with Gasteiger partial charge < -0.3 is 21.3 Å². The summed E-state index contributed by atoms with van der Waals surface area (Å²) in [5, 5.41) is 8.63. The fourth-order valence-electron chi connectivity index (χ4n) is 1.61. The predicted octanol–water partition coefficient (Wildman–Crippen LogP) is 4.33. The van der Waals surface area contributed by atoms with Crippen LogP contribution in [0.2, 0.25) is 0 Å². The molecule has 0 aliphatic rings. The minimum Gasteiger partial charge on any atom is -0.508 e. The van der Waals surface area contributed by atoms with Gasteiger partial charge in [0.2, 0.25) is 0 Å². The van der Waals surface area contributed by atoms with Gasteiger partial charge in [0.25, 0.3) is 0 Å². The summed E-state index contributed by atoms with van der Waals surface area (Å²) in [5.74, 6) is 1.19. The Morgan fingerprint density at radius 1 is 0.708 bits per heavy atom. The van der Waals surface area contributed by atoms with E-state index < -0.39 is 0 Å². The molecule has 3 rings (SSSR count). The molecule has 126 valence electrons. The molecule has 0 radical (unpaired) electrons. The molecule has 24 heavy (non-hydrogen) atoms. The van der Waals surface area contributed by atoms with Gasteiger partial charge in [-0.3, -0.25) is 0 Å². The molecule has 4 nitrogen and oxygen atoms in total. The maximum Gasteiger partial charge on any atom is 0.119 e. The van der Waals surface area contributed by atoms with Gasteiger partial charge in [0.1, 0.15) is 11.5 Å². The van der Waals surface area contributed by atoms with Crippen molar-refractivity contribution in [3.8, 4) is 11.5 Å². The number of ether oxygens (including phenoxy) is 1. The van der Waals surface area contributed by atoms with E-state index in [4.69, 9.17) is 21.3 Å². The first kappa shape index (κ1) is 18.9. The lowest BCUT2D eigenvalue weighted by molar-refractivity contribution is 0.340. The van der Waals surface area contributed by atoms with Crippen LogP contribution in [0.15, 0.2) is 84.9 Å². The molecule has 0 heterocycles.